The molecule has 1 aliphatic rings. The quantitative estimate of drug-likeness (QED) is 0.771. The van der Waals surface area contributed by atoms with Gasteiger partial charge in [-0.25, -0.2) is 0 Å². The molecule has 0 bridgehead atoms. The molecule has 0 N–H and O–H groups in total. The number of hydrogen-bond acceptors (Lipinski definition) is 4. The molecule has 16 heavy (non-hydrogen) atoms. The van der Waals surface area contributed by atoms with Gasteiger partial charge in [0.15, 0.2) is 4.49 Å². The maximum atomic E-state index is 5.59. The van der Waals surface area contributed by atoms with Gasteiger partial charge in [0.1, 0.15) is 5.75 Å². The lowest BCUT2D eigenvalue weighted by molar-refractivity contribution is 0.414. The van der Waals surface area contributed by atoms with Gasteiger partial charge in [-0.3, -0.25) is 0 Å². The van der Waals surface area contributed by atoms with Crippen LogP contribution in [0, 0.1) is 0 Å². The van der Waals surface area contributed by atoms with Crippen LogP contribution in [0.2, 0.25) is 0 Å². The van der Waals surface area contributed by atoms with Crippen molar-refractivity contribution in [2.75, 3.05) is 7.11 Å². The highest BCUT2D eigenvalue weighted by Gasteiger charge is 2.19. The van der Waals surface area contributed by atoms with E-state index in [9.17, 15) is 0 Å². The molecular formula is C10H7Cl2NO2S. The Balaban J connectivity index is 2.18. The molecule has 2 rings (SSSR count). The van der Waals surface area contributed by atoms with Crippen molar-refractivity contribution in [3.63, 3.8) is 0 Å². The first-order chi connectivity index (χ1) is 7.70. The lowest BCUT2D eigenvalue weighted by atomic mass is 10.2. The van der Waals surface area contributed by atoms with Crippen molar-refractivity contribution in [3.05, 3.63) is 39.4 Å². The highest BCUT2D eigenvalue weighted by atomic mass is 35.5. The normalized spacial score (nSPS) is 14.4. The van der Waals surface area contributed by atoms with Gasteiger partial charge >= 0.3 is 0 Å². The second-order valence-corrected chi connectivity index (χ2v) is 4.55. The predicted molar refractivity (Wildman–Crippen MR) is 66.9 cm³/mol. The molecule has 1 aliphatic heterocycles. The summed E-state index contributed by atoms with van der Waals surface area (Å²) in [7, 11) is 1.61. The second kappa shape index (κ2) is 4.99. The zero-order valence-electron chi connectivity index (χ0n) is 8.24. The molecule has 0 amide bonds. The number of ether oxygens (including phenoxy) is 2. The van der Waals surface area contributed by atoms with Crippen molar-refractivity contribution < 1.29 is 9.47 Å². The molecule has 0 radical (unpaired) electrons. The number of hydrogen-bond donors (Lipinski definition) is 0. The van der Waals surface area contributed by atoms with Crippen LogP contribution in [0.15, 0.2) is 38.2 Å². The fraction of sp³-hybridized carbons (Fsp3) is 0.100. The van der Waals surface area contributed by atoms with Crippen LogP contribution in [0.3, 0.4) is 0 Å². The minimum absolute atomic E-state index is 0.0808. The van der Waals surface area contributed by atoms with Crippen LogP contribution in [0.5, 0.6) is 5.75 Å². The Hall–Kier alpha value is -0.840. The van der Waals surface area contributed by atoms with E-state index in [0.717, 1.165) is 23.3 Å². The average Bonchev–Trinajstić information content (AvgIpc) is 2.78. The molecule has 0 fully saturated rings. The number of benzene rings is 1. The minimum Gasteiger partial charge on any atom is -0.497 e. The topological polar surface area (TPSA) is 30.8 Å². The second-order valence-electron chi connectivity index (χ2n) is 2.87. The molecule has 1 aromatic rings. The van der Waals surface area contributed by atoms with E-state index in [1.807, 2.05) is 24.3 Å². The van der Waals surface area contributed by atoms with Crippen molar-refractivity contribution in [3.8, 4) is 5.75 Å². The third-order valence-electron chi connectivity index (χ3n) is 1.89. The Morgan fingerprint density at radius 2 is 2.00 bits per heavy atom. The summed E-state index contributed by atoms with van der Waals surface area (Å²) in [6.45, 7) is 0. The zero-order valence-corrected chi connectivity index (χ0v) is 10.6. The first-order valence-corrected chi connectivity index (χ1v) is 5.86. The fourth-order valence-electron chi connectivity index (χ4n) is 1.13. The van der Waals surface area contributed by atoms with E-state index in [-0.39, 0.29) is 4.49 Å². The van der Waals surface area contributed by atoms with Crippen molar-refractivity contribution in [1.29, 1.82) is 0 Å². The van der Waals surface area contributed by atoms with Crippen molar-refractivity contribution in [2.24, 2.45) is 4.40 Å². The number of methoxy groups -OCH3 is 1. The number of halogens is 2. The Morgan fingerprint density at radius 3 is 2.50 bits per heavy atom. The van der Waals surface area contributed by atoms with Crippen LogP contribution >= 0.6 is 35.1 Å². The largest absolute Gasteiger partial charge is 0.497 e. The summed E-state index contributed by atoms with van der Waals surface area (Å²) in [6.07, 6.45) is 0. The number of nitrogens with zero attached hydrogens (tertiary/aromatic N) is 1. The predicted octanol–water partition coefficient (Wildman–Crippen LogP) is 3.72. The van der Waals surface area contributed by atoms with Crippen molar-refractivity contribution >= 4 is 41.0 Å². The number of rotatable bonds is 2. The maximum Gasteiger partial charge on any atom is 0.234 e. The van der Waals surface area contributed by atoms with Gasteiger partial charge in [0, 0.05) is 5.56 Å². The summed E-state index contributed by atoms with van der Waals surface area (Å²) in [5.41, 5.74) is 0.845. The van der Waals surface area contributed by atoms with Crippen LogP contribution in [0.4, 0.5) is 0 Å². The third kappa shape index (κ3) is 2.45. The van der Waals surface area contributed by atoms with Crippen molar-refractivity contribution in [1.82, 2.24) is 0 Å². The highest BCUT2D eigenvalue weighted by Crippen LogP contribution is 2.34. The maximum absolute atomic E-state index is 5.59. The van der Waals surface area contributed by atoms with Crippen LogP contribution < -0.4 is 4.74 Å². The molecule has 1 aromatic carbocycles. The Kier molecular flexibility index (Phi) is 3.63. The molecular weight excluding hydrogens is 269 g/mol. The molecule has 0 atom stereocenters. The third-order valence-corrected chi connectivity index (χ3v) is 3.17. The summed E-state index contributed by atoms with van der Waals surface area (Å²) >= 11 is 12.3. The molecule has 0 aromatic heterocycles. The van der Waals surface area contributed by atoms with E-state index in [1.54, 1.807) is 7.11 Å². The zero-order chi connectivity index (χ0) is 11.5. The van der Waals surface area contributed by atoms with Gasteiger partial charge in [0.2, 0.25) is 11.0 Å². The summed E-state index contributed by atoms with van der Waals surface area (Å²) in [5.74, 6) is 1.27. The standard InChI is InChI=1S/C10H7Cl2NO2S/c1-14-7-4-2-6(3-5-7)9-13-16-10(15-9)8(11)12/h2-5H,1H3. The van der Waals surface area contributed by atoms with Gasteiger partial charge in [-0.15, -0.1) is 0 Å². The molecule has 1 heterocycles. The van der Waals surface area contributed by atoms with Gasteiger partial charge in [0.25, 0.3) is 0 Å². The molecule has 3 nitrogen and oxygen atoms in total. The summed E-state index contributed by atoms with van der Waals surface area (Å²) in [6, 6.07) is 7.36. The van der Waals surface area contributed by atoms with Crippen LogP contribution in [0.25, 0.3) is 0 Å². The lowest BCUT2D eigenvalue weighted by Crippen LogP contribution is -2.00. The van der Waals surface area contributed by atoms with E-state index in [2.05, 4.69) is 4.40 Å². The van der Waals surface area contributed by atoms with Gasteiger partial charge < -0.3 is 9.47 Å². The van der Waals surface area contributed by atoms with Gasteiger partial charge in [-0.2, -0.15) is 4.40 Å². The van der Waals surface area contributed by atoms with E-state index in [4.69, 9.17) is 32.7 Å². The Bertz CT molecular complexity index is 452. The van der Waals surface area contributed by atoms with Crippen LogP contribution in [-0.2, 0) is 4.74 Å². The van der Waals surface area contributed by atoms with Crippen LogP contribution in [0.1, 0.15) is 5.56 Å². The van der Waals surface area contributed by atoms with Gasteiger partial charge in [-0.05, 0) is 24.3 Å². The Labute approximate surface area is 107 Å². The summed E-state index contributed by atoms with van der Waals surface area (Å²) in [4.78, 5) is 0. The first-order valence-electron chi connectivity index (χ1n) is 4.33. The fourth-order valence-corrected chi connectivity index (χ4v) is 1.90. The smallest absolute Gasteiger partial charge is 0.234 e. The minimum atomic E-state index is 0.0808. The summed E-state index contributed by atoms with van der Waals surface area (Å²) < 4.78 is 14.6. The van der Waals surface area contributed by atoms with E-state index in [1.165, 1.54) is 0 Å². The van der Waals surface area contributed by atoms with E-state index < -0.39 is 0 Å². The lowest BCUT2D eigenvalue weighted by Gasteiger charge is -2.03. The van der Waals surface area contributed by atoms with E-state index in [0.29, 0.717) is 11.0 Å². The molecule has 0 saturated heterocycles. The SMILES string of the molecule is COc1ccc(C2=NSC(=C(Cl)Cl)O2)cc1. The Morgan fingerprint density at radius 1 is 1.31 bits per heavy atom. The van der Waals surface area contributed by atoms with Crippen molar-refractivity contribution in [2.45, 2.75) is 0 Å². The molecule has 0 spiro atoms. The molecule has 0 unspecified atom stereocenters. The molecule has 0 aliphatic carbocycles. The van der Waals surface area contributed by atoms with Gasteiger partial charge in [-0.1, -0.05) is 23.2 Å². The molecule has 6 heteroatoms. The van der Waals surface area contributed by atoms with Gasteiger partial charge in [0.05, 0.1) is 19.1 Å². The summed E-state index contributed by atoms with van der Waals surface area (Å²) in [5, 5.41) is 0.397. The average molecular weight is 276 g/mol. The van der Waals surface area contributed by atoms with E-state index >= 15 is 0 Å². The molecule has 0 saturated carbocycles. The van der Waals surface area contributed by atoms with Crippen LogP contribution in [-0.4, -0.2) is 13.0 Å². The first kappa shape index (κ1) is 11.6. The highest BCUT2D eigenvalue weighted by molar-refractivity contribution is 8.02. The monoisotopic (exact) mass is 275 g/mol. The molecule has 84 valence electrons.